The molecule has 2 aromatic rings. The van der Waals surface area contributed by atoms with Crippen molar-refractivity contribution in [2.24, 2.45) is 0 Å². The molecule has 0 radical (unpaired) electrons. The van der Waals surface area contributed by atoms with Crippen LogP contribution in [0.4, 0.5) is 8.78 Å². The van der Waals surface area contributed by atoms with E-state index in [1.807, 2.05) is 16.8 Å². The van der Waals surface area contributed by atoms with E-state index < -0.39 is 11.6 Å². The fraction of sp³-hybridized carbons (Fsp3) is 0.214. The lowest BCUT2D eigenvalue weighted by atomic mass is 10.1. The maximum atomic E-state index is 13.1. The minimum atomic E-state index is -0.906. The third-order valence-corrected chi connectivity index (χ3v) is 3.50. The number of nitrogens with one attached hydrogen (secondary N) is 1. The van der Waals surface area contributed by atoms with Crippen molar-refractivity contribution in [3.63, 3.8) is 0 Å². The molecule has 1 unspecified atom stereocenters. The van der Waals surface area contributed by atoms with E-state index >= 15 is 0 Å². The standard InChI is InChI=1S/C14H13F2NOS/c1-9(11-2-3-12(15)13(16)7-11)17-14(18)6-10-4-5-19-8-10/h2-5,7-9H,6H2,1H3,(H,17,18). The average molecular weight is 281 g/mol. The molecular weight excluding hydrogens is 268 g/mol. The van der Waals surface area contributed by atoms with Crippen LogP contribution in [0, 0.1) is 11.6 Å². The lowest BCUT2D eigenvalue weighted by molar-refractivity contribution is -0.121. The highest BCUT2D eigenvalue weighted by Gasteiger charge is 2.12. The molecule has 0 fully saturated rings. The normalized spacial score (nSPS) is 12.2. The summed E-state index contributed by atoms with van der Waals surface area (Å²) >= 11 is 1.53. The van der Waals surface area contributed by atoms with Gasteiger partial charge in [0.1, 0.15) is 0 Å². The number of halogens is 2. The Bertz CT molecular complexity index is 569. The molecule has 1 aromatic carbocycles. The Hall–Kier alpha value is -1.75. The molecule has 0 aliphatic heterocycles. The lowest BCUT2D eigenvalue weighted by Crippen LogP contribution is -2.28. The molecule has 1 N–H and O–H groups in total. The Labute approximate surface area is 114 Å². The molecule has 1 aromatic heterocycles. The van der Waals surface area contributed by atoms with Gasteiger partial charge in [-0.2, -0.15) is 11.3 Å². The summed E-state index contributed by atoms with van der Waals surface area (Å²) in [6.07, 6.45) is 0.289. The molecule has 1 atom stereocenters. The molecular formula is C14H13F2NOS. The van der Waals surface area contributed by atoms with Gasteiger partial charge in [0.25, 0.3) is 0 Å². The van der Waals surface area contributed by atoms with Crippen LogP contribution in [0.5, 0.6) is 0 Å². The van der Waals surface area contributed by atoms with Gasteiger partial charge < -0.3 is 5.32 Å². The van der Waals surface area contributed by atoms with Crippen LogP contribution in [0.1, 0.15) is 24.1 Å². The number of hydrogen-bond donors (Lipinski definition) is 1. The summed E-state index contributed by atoms with van der Waals surface area (Å²) in [5.41, 5.74) is 1.48. The van der Waals surface area contributed by atoms with Gasteiger partial charge in [0.05, 0.1) is 12.5 Å². The lowest BCUT2D eigenvalue weighted by Gasteiger charge is -2.14. The number of benzene rings is 1. The third kappa shape index (κ3) is 3.61. The molecule has 5 heteroatoms. The van der Waals surface area contributed by atoms with Gasteiger partial charge >= 0.3 is 0 Å². The Morgan fingerprint density at radius 1 is 1.32 bits per heavy atom. The first-order valence-corrected chi connectivity index (χ1v) is 6.76. The van der Waals surface area contributed by atoms with Crippen molar-refractivity contribution in [2.75, 3.05) is 0 Å². The average Bonchev–Trinajstić information content (AvgIpc) is 2.85. The molecule has 0 bridgehead atoms. The van der Waals surface area contributed by atoms with Crippen molar-refractivity contribution in [1.82, 2.24) is 5.32 Å². The van der Waals surface area contributed by atoms with Crippen molar-refractivity contribution in [3.05, 3.63) is 57.8 Å². The van der Waals surface area contributed by atoms with Crippen LogP contribution in [0.25, 0.3) is 0 Å². The third-order valence-electron chi connectivity index (χ3n) is 2.77. The van der Waals surface area contributed by atoms with E-state index in [1.54, 1.807) is 6.92 Å². The fourth-order valence-corrected chi connectivity index (χ4v) is 2.40. The monoisotopic (exact) mass is 281 g/mol. The molecule has 2 rings (SSSR count). The van der Waals surface area contributed by atoms with Crippen molar-refractivity contribution >= 4 is 17.2 Å². The number of thiophene rings is 1. The number of amides is 1. The number of carbonyl (C=O) groups excluding carboxylic acids is 1. The first-order valence-electron chi connectivity index (χ1n) is 5.81. The minimum absolute atomic E-state index is 0.143. The van der Waals surface area contributed by atoms with E-state index in [-0.39, 0.29) is 18.4 Å². The molecule has 0 spiro atoms. The molecule has 1 heterocycles. The number of hydrogen-bond acceptors (Lipinski definition) is 2. The maximum Gasteiger partial charge on any atom is 0.224 e. The van der Waals surface area contributed by atoms with Crippen LogP contribution >= 0.6 is 11.3 Å². The van der Waals surface area contributed by atoms with E-state index in [0.717, 1.165) is 17.7 Å². The Morgan fingerprint density at radius 2 is 2.11 bits per heavy atom. The predicted octanol–water partition coefficient (Wildman–Crippen LogP) is 3.45. The van der Waals surface area contributed by atoms with Crippen LogP contribution in [-0.2, 0) is 11.2 Å². The van der Waals surface area contributed by atoms with E-state index in [4.69, 9.17) is 0 Å². The zero-order valence-corrected chi connectivity index (χ0v) is 11.1. The highest BCUT2D eigenvalue weighted by molar-refractivity contribution is 7.07. The Kier molecular flexibility index (Phi) is 4.27. The quantitative estimate of drug-likeness (QED) is 0.913. The second-order valence-electron chi connectivity index (χ2n) is 4.27. The smallest absolute Gasteiger partial charge is 0.224 e. The van der Waals surface area contributed by atoms with Gasteiger partial charge in [-0.05, 0) is 47.0 Å². The molecule has 0 saturated carbocycles. The van der Waals surface area contributed by atoms with E-state index in [1.165, 1.54) is 17.4 Å². The number of carbonyl (C=O) groups is 1. The van der Waals surface area contributed by atoms with E-state index in [0.29, 0.717) is 5.56 Å². The van der Waals surface area contributed by atoms with Gasteiger partial charge in [-0.1, -0.05) is 6.07 Å². The molecule has 0 saturated heterocycles. The summed E-state index contributed by atoms with van der Waals surface area (Å²) in [4.78, 5) is 11.8. The van der Waals surface area contributed by atoms with Gasteiger partial charge in [0.15, 0.2) is 11.6 Å². The molecule has 1 amide bonds. The highest BCUT2D eigenvalue weighted by atomic mass is 32.1. The molecule has 0 aliphatic carbocycles. The van der Waals surface area contributed by atoms with E-state index in [2.05, 4.69) is 5.32 Å². The van der Waals surface area contributed by atoms with E-state index in [9.17, 15) is 13.6 Å². The van der Waals surface area contributed by atoms with Crippen molar-refractivity contribution < 1.29 is 13.6 Å². The summed E-state index contributed by atoms with van der Waals surface area (Å²) in [5, 5.41) is 6.57. The summed E-state index contributed by atoms with van der Waals surface area (Å²) in [6, 6.07) is 5.15. The fourth-order valence-electron chi connectivity index (χ4n) is 1.74. The topological polar surface area (TPSA) is 29.1 Å². The zero-order chi connectivity index (χ0) is 13.8. The first-order chi connectivity index (χ1) is 9.06. The van der Waals surface area contributed by atoms with Crippen molar-refractivity contribution in [3.8, 4) is 0 Å². The first kappa shape index (κ1) is 13.7. The summed E-state index contributed by atoms with van der Waals surface area (Å²) in [5.74, 6) is -1.94. The van der Waals surface area contributed by atoms with Gasteiger partial charge in [0, 0.05) is 0 Å². The van der Waals surface area contributed by atoms with Gasteiger partial charge in [-0.3, -0.25) is 4.79 Å². The van der Waals surface area contributed by atoms with Crippen LogP contribution in [0.3, 0.4) is 0 Å². The summed E-state index contributed by atoms with van der Waals surface area (Å²) < 4.78 is 25.9. The van der Waals surface area contributed by atoms with Gasteiger partial charge in [-0.15, -0.1) is 0 Å². The van der Waals surface area contributed by atoms with Crippen molar-refractivity contribution in [1.29, 1.82) is 0 Å². The molecule has 19 heavy (non-hydrogen) atoms. The van der Waals surface area contributed by atoms with Crippen LogP contribution < -0.4 is 5.32 Å². The summed E-state index contributed by atoms with van der Waals surface area (Å²) in [7, 11) is 0. The Morgan fingerprint density at radius 3 is 2.74 bits per heavy atom. The van der Waals surface area contributed by atoms with Gasteiger partial charge in [-0.25, -0.2) is 8.78 Å². The summed E-state index contributed by atoms with van der Waals surface area (Å²) in [6.45, 7) is 1.73. The highest BCUT2D eigenvalue weighted by Crippen LogP contribution is 2.16. The SMILES string of the molecule is CC(NC(=O)Cc1ccsc1)c1ccc(F)c(F)c1. The molecule has 2 nitrogen and oxygen atoms in total. The Balaban J connectivity index is 1.98. The predicted molar refractivity (Wildman–Crippen MR) is 70.9 cm³/mol. The zero-order valence-electron chi connectivity index (χ0n) is 10.3. The maximum absolute atomic E-state index is 13.1. The van der Waals surface area contributed by atoms with Crippen LogP contribution in [0.15, 0.2) is 35.0 Å². The molecule has 0 aliphatic rings. The second-order valence-corrected chi connectivity index (χ2v) is 5.05. The number of rotatable bonds is 4. The van der Waals surface area contributed by atoms with Crippen LogP contribution in [0.2, 0.25) is 0 Å². The second kappa shape index (κ2) is 5.93. The van der Waals surface area contributed by atoms with Gasteiger partial charge in [0.2, 0.25) is 5.91 Å². The minimum Gasteiger partial charge on any atom is -0.349 e. The molecule has 100 valence electrons. The van der Waals surface area contributed by atoms with Crippen molar-refractivity contribution in [2.45, 2.75) is 19.4 Å². The van der Waals surface area contributed by atoms with Crippen LogP contribution in [-0.4, -0.2) is 5.91 Å². The largest absolute Gasteiger partial charge is 0.349 e.